The summed E-state index contributed by atoms with van der Waals surface area (Å²) in [5.41, 5.74) is 1.25. The van der Waals surface area contributed by atoms with Crippen molar-refractivity contribution >= 4 is 21.6 Å². The Bertz CT molecular complexity index is 1010. The molecule has 33 heavy (non-hydrogen) atoms. The number of methoxy groups -OCH3 is 2. The van der Waals surface area contributed by atoms with Gasteiger partial charge >= 0.3 is 0 Å². The Labute approximate surface area is 199 Å². The van der Waals surface area contributed by atoms with Crippen molar-refractivity contribution in [3.8, 4) is 11.5 Å². The highest BCUT2D eigenvalue weighted by molar-refractivity contribution is 9.10. The van der Waals surface area contributed by atoms with E-state index in [1.165, 1.54) is 6.92 Å². The summed E-state index contributed by atoms with van der Waals surface area (Å²) in [5, 5.41) is 0. The molecule has 0 amide bonds. The van der Waals surface area contributed by atoms with Gasteiger partial charge < -0.3 is 14.4 Å². The van der Waals surface area contributed by atoms with Crippen LogP contribution >= 0.6 is 15.9 Å². The summed E-state index contributed by atoms with van der Waals surface area (Å²) in [4.78, 5) is 1.55. The Hall–Kier alpha value is -2.74. The summed E-state index contributed by atoms with van der Waals surface area (Å²) in [5.74, 6) is -0.440. The van der Waals surface area contributed by atoms with E-state index in [4.69, 9.17) is 9.47 Å². The molecule has 0 aliphatic heterocycles. The number of nitrogens with zero attached hydrogens (tertiary/aromatic N) is 1. The van der Waals surface area contributed by atoms with Gasteiger partial charge in [-0.25, -0.2) is 17.6 Å². The molecular formula is C25H24BrF4NO2. The number of ether oxygens (including phenoxy) is 2. The first kappa shape index (κ1) is 24.9. The van der Waals surface area contributed by atoms with Crippen molar-refractivity contribution in [1.29, 1.82) is 0 Å². The van der Waals surface area contributed by atoms with Crippen molar-refractivity contribution in [3.05, 3.63) is 86.9 Å². The van der Waals surface area contributed by atoms with Crippen LogP contribution in [-0.4, -0.2) is 20.6 Å². The van der Waals surface area contributed by atoms with Crippen LogP contribution < -0.4 is 14.4 Å². The summed E-state index contributed by atoms with van der Waals surface area (Å²) >= 11 is 3.09. The lowest BCUT2D eigenvalue weighted by Crippen LogP contribution is -2.25. The van der Waals surface area contributed by atoms with Crippen LogP contribution in [0.5, 0.6) is 11.5 Å². The van der Waals surface area contributed by atoms with Crippen LogP contribution in [0.4, 0.5) is 23.2 Å². The van der Waals surface area contributed by atoms with E-state index in [1.54, 1.807) is 43.4 Å². The van der Waals surface area contributed by atoms with Gasteiger partial charge in [-0.05, 0) is 69.4 Å². The van der Waals surface area contributed by atoms with E-state index < -0.39 is 24.5 Å². The third-order valence-electron chi connectivity index (χ3n) is 5.39. The highest BCUT2D eigenvalue weighted by atomic mass is 79.9. The molecule has 0 heterocycles. The summed E-state index contributed by atoms with van der Waals surface area (Å²) in [7, 11) is 3.11. The fourth-order valence-corrected chi connectivity index (χ4v) is 4.25. The smallest absolute Gasteiger partial charge is 0.242 e. The fraction of sp³-hybridized carbons (Fsp3) is 0.280. The number of benzene rings is 3. The molecule has 0 fully saturated rings. The van der Waals surface area contributed by atoms with Crippen molar-refractivity contribution < 1.29 is 27.0 Å². The van der Waals surface area contributed by atoms with E-state index in [1.807, 2.05) is 24.3 Å². The van der Waals surface area contributed by atoms with E-state index in [0.717, 1.165) is 11.1 Å². The van der Waals surface area contributed by atoms with E-state index >= 15 is 8.78 Å². The van der Waals surface area contributed by atoms with Gasteiger partial charge in [-0.2, -0.15) is 0 Å². The van der Waals surface area contributed by atoms with E-state index in [2.05, 4.69) is 15.9 Å². The standard InChI is InChI=1S/C25H24BrF4NO2/c1-15-20(12-21(27)28)22(26)24(30)25(23(15)29)31(13-16-4-8-18(32-2)9-5-16)14-17-6-10-19(33-3)11-7-17/h4-11,21H,12-14H2,1-3H3. The minimum atomic E-state index is -2.72. The number of anilines is 1. The van der Waals surface area contributed by atoms with E-state index in [9.17, 15) is 8.78 Å². The number of hydrogen-bond donors (Lipinski definition) is 0. The van der Waals surface area contributed by atoms with E-state index in [-0.39, 0.29) is 34.4 Å². The van der Waals surface area contributed by atoms with Gasteiger partial charge in [-0.3, -0.25) is 0 Å². The first-order valence-corrected chi connectivity index (χ1v) is 11.0. The van der Waals surface area contributed by atoms with Crippen LogP contribution in [0, 0.1) is 18.6 Å². The molecule has 0 saturated heterocycles. The molecule has 8 heteroatoms. The zero-order valence-electron chi connectivity index (χ0n) is 18.5. The molecule has 3 aromatic rings. The predicted octanol–water partition coefficient (Wildman–Crippen LogP) is 7.07. The molecule has 0 bridgehead atoms. The molecule has 3 aromatic carbocycles. The maximum atomic E-state index is 15.5. The molecule has 0 aliphatic rings. The number of hydrogen-bond acceptors (Lipinski definition) is 3. The maximum absolute atomic E-state index is 15.5. The Morgan fingerprint density at radius 3 is 1.67 bits per heavy atom. The summed E-state index contributed by atoms with van der Waals surface area (Å²) in [6.45, 7) is 1.76. The Balaban J connectivity index is 2.07. The molecule has 0 N–H and O–H groups in total. The summed E-state index contributed by atoms with van der Waals surface area (Å²) < 4.78 is 67.1. The van der Waals surface area contributed by atoms with Gasteiger partial charge in [-0.15, -0.1) is 0 Å². The van der Waals surface area contributed by atoms with Crippen molar-refractivity contribution in [2.24, 2.45) is 0 Å². The lowest BCUT2D eigenvalue weighted by Gasteiger charge is -2.28. The lowest BCUT2D eigenvalue weighted by molar-refractivity contribution is 0.148. The predicted molar refractivity (Wildman–Crippen MR) is 124 cm³/mol. The third-order valence-corrected chi connectivity index (χ3v) is 6.22. The van der Waals surface area contributed by atoms with Crippen LogP contribution in [0.15, 0.2) is 53.0 Å². The highest BCUT2D eigenvalue weighted by Crippen LogP contribution is 2.38. The normalized spacial score (nSPS) is 11.1. The van der Waals surface area contributed by atoms with Gasteiger partial charge in [-0.1, -0.05) is 24.3 Å². The van der Waals surface area contributed by atoms with Crippen molar-refractivity contribution in [3.63, 3.8) is 0 Å². The Kier molecular flexibility index (Phi) is 8.24. The van der Waals surface area contributed by atoms with Crippen LogP contribution in [0.1, 0.15) is 22.3 Å². The van der Waals surface area contributed by atoms with Gasteiger partial charge in [0.05, 0.1) is 18.7 Å². The van der Waals surface area contributed by atoms with Crippen molar-refractivity contribution in [1.82, 2.24) is 0 Å². The van der Waals surface area contributed by atoms with E-state index in [0.29, 0.717) is 11.5 Å². The summed E-state index contributed by atoms with van der Waals surface area (Å²) in [6.07, 6.45) is -3.46. The molecule has 176 valence electrons. The zero-order chi connectivity index (χ0) is 24.1. The molecule has 0 atom stereocenters. The lowest BCUT2D eigenvalue weighted by atomic mass is 10.0. The first-order chi connectivity index (χ1) is 15.7. The molecule has 3 nitrogen and oxygen atoms in total. The molecule has 0 spiro atoms. The third kappa shape index (κ3) is 5.79. The van der Waals surface area contributed by atoms with Gasteiger partial charge in [0.2, 0.25) is 6.43 Å². The minimum absolute atomic E-state index is 0.00645. The highest BCUT2D eigenvalue weighted by Gasteiger charge is 2.27. The topological polar surface area (TPSA) is 21.7 Å². The number of halogens is 5. The summed E-state index contributed by atoms with van der Waals surface area (Å²) in [6, 6.07) is 14.3. The quantitative estimate of drug-likeness (QED) is 0.220. The maximum Gasteiger partial charge on any atom is 0.242 e. The monoisotopic (exact) mass is 525 g/mol. The largest absolute Gasteiger partial charge is 0.497 e. The van der Waals surface area contributed by atoms with Gasteiger partial charge in [0, 0.05) is 19.5 Å². The average molecular weight is 526 g/mol. The molecular weight excluding hydrogens is 502 g/mol. The minimum Gasteiger partial charge on any atom is -0.497 e. The average Bonchev–Trinajstić information content (AvgIpc) is 2.81. The second kappa shape index (κ2) is 10.9. The molecule has 3 rings (SSSR count). The van der Waals surface area contributed by atoms with Crippen LogP contribution in [-0.2, 0) is 19.5 Å². The zero-order valence-corrected chi connectivity index (χ0v) is 20.1. The second-order valence-electron chi connectivity index (χ2n) is 7.54. The first-order valence-electron chi connectivity index (χ1n) is 10.2. The number of alkyl halides is 2. The Morgan fingerprint density at radius 2 is 1.27 bits per heavy atom. The van der Waals surface area contributed by atoms with Crippen LogP contribution in [0.3, 0.4) is 0 Å². The molecule has 0 aromatic heterocycles. The molecule has 0 saturated carbocycles. The molecule has 0 aliphatic carbocycles. The second-order valence-corrected chi connectivity index (χ2v) is 8.33. The van der Waals surface area contributed by atoms with Crippen molar-refractivity contribution in [2.45, 2.75) is 32.9 Å². The number of rotatable bonds is 9. The Morgan fingerprint density at radius 1 is 0.818 bits per heavy atom. The van der Waals surface area contributed by atoms with Crippen LogP contribution in [0.25, 0.3) is 0 Å². The van der Waals surface area contributed by atoms with Gasteiger partial charge in [0.15, 0.2) is 11.6 Å². The SMILES string of the molecule is COc1ccc(CN(Cc2ccc(OC)cc2)c2c(F)c(C)c(CC(F)F)c(Br)c2F)cc1. The van der Waals surface area contributed by atoms with Gasteiger partial charge in [0.25, 0.3) is 0 Å². The van der Waals surface area contributed by atoms with Crippen molar-refractivity contribution in [2.75, 3.05) is 19.1 Å². The van der Waals surface area contributed by atoms with Crippen LogP contribution in [0.2, 0.25) is 0 Å². The molecule has 0 radical (unpaired) electrons. The molecule has 0 unspecified atom stereocenters. The fourth-order valence-electron chi connectivity index (χ4n) is 3.60. The van der Waals surface area contributed by atoms with Gasteiger partial charge in [0.1, 0.15) is 17.2 Å².